The van der Waals surface area contributed by atoms with Crippen molar-refractivity contribution in [2.45, 2.75) is 32.5 Å². The summed E-state index contributed by atoms with van der Waals surface area (Å²) in [6, 6.07) is 42.2. The molecule has 0 radical (unpaired) electrons. The Morgan fingerprint density at radius 1 is 0.488 bits per heavy atom. The maximum Gasteiger partial charge on any atom is 0.119 e. The van der Waals surface area contributed by atoms with Gasteiger partial charge in [-0.1, -0.05) is 136 Å². The predicted octanol–water partition coefficient (Wildman–Crippen LogP) is 10.8. The van der Waals surface area contributed by atoms with E-state index in [0.29, 0.717) is 13.2 Å². The number of hydrogen-bond donors (Lipinski definition) is 0. The van der Waals surface area contributed by atoms with Gasteiger partial charge in [0.25, 0.3) is 0 Å². The molecule has 0 bridgehead atoms. The van der Waals surface area contributed by atoms with E-state index < -0.39 is 0 Å². The summed E-state index contributed by atoms with van der Waals surface area (Å²) in [7, 11) is 0. The van der Waals surface area contributed by atoms with Gasteiger partial charge in [-0.2, -0.15) is 0 Å². The minimum Gasteiger partial charge on any atom is -0.489 e. The summed E-state index contributed by atoms with van der Waals surface area (Å²) in [5.41, 5.74) is 6.87. The highest BCUT2D eigenvalue weighted by Gasteiger charge is 2.23. The quantitative estimate of drug-likeness (QED) is 0.166. The molecule has 212 valence electrons. The van der Waals surface area contributed by atoms with E-state index in [4.69, 9.17) is 9.47 Å². The topological polar surface area (TPSA) is 18.5 Å². The lowest BCUT2D eigenvalue weighted by Gasteiger charge is -2.26. The van der Waals surface area contributed by atoms with Gasteiger partial charge in [-0.3, -0.25) is 0 Å². The molecule has 0 saturated carbocycles. The van der Waals surface area contributed by atoms with Crippen molar-refractivity contribution in [3.05, 3.63) is 168 Å². The SMILES string of the molecule is C=Cc1cccc2c(COc3ccc(C(C)(C)c4ccc(OCc5cccc6c(C=C)cccc56)cc4)cc3)cccc12. The van der Waals surface area contributed by atoms with Crippen molar-refractivity contribution in [3.63, 3.8) is 0 Å². The number of hydrogen-bond acceptors (Lipinski definition) is 2. The molecule has 43 heavy (non-hydrogen) atoms. The summed E-state index contributed by atoms with van der Waals surface area (Å²) in [6.45, 7) is 13.4. The third-order valence-electron chi connectivity index (χ3n) is 8.47. The first-order chi connectivity index (χ1) is 21.0. The standard InChI is InChI=1S/C41H36O2/c1-5-29-11-7-17-39-31(13-9-15-37(29)39)27-42-35-23-19-33(20-24-35)41(3,4)34-21-25-36(26-22-34)43-28-32-14-10-16-38-30(6-2)12-8-18-40(32)38/h5-26H,1-2,27-28H2,3-4H3. The Morgan fingerprint density at radius 2 is 0.860 bits per heavy atom. The van der Waals surface area contributed by atoms with Crippen LogP contribution in [-0.4, -0.2) is 0 Å². The summed E-state index contributed by atoms with van der Waals surface area (Å²) in [6.07, 6.45) is 3.80. The molecule has 6 rings (SSSR count). The van der Waals surface area contributed by atoms with Crippen LogP contribution in [-0.2, 0) is 18.6 Å². The van der Waals surface area contributed by atoms with Gasteiger partial charge >= 0.3 is 0 Å². The molecule has 0 saturated heterocycles. The minimum atomic E-state index is -0.176. The van der Waals surface area contributed by atoms with Crippen LogP contribution in [0.2, 0.25) is 0 Å². The van der Waals surface area contributed by atoms with Crippen molar-refractivity contribution in [1.82, 2.24) is 0 Å². The Kier molecular flexibility index (Phi) is 7.85. The number of ether oxygens (including phenoxy) is 2. The maximum atomic E-state index is 6.22. The lowest BCUT2D eigenvalue weighted by molar-refractivity contribution is 0.307. The van der Waals surface area contributed by atoms with Crippen molar-refractivity contribution in [1.29, 1.82) is 0 Å². The number of fused-ring (bicyclic) bond motifs is 2. The van der Waals surface area contributed by atoms with Crippen LogP contribution in [0.4, 0.5) is 0 Å². The summed E-state index contributed by atoms with van der Waals surface area (Å²) < 4.78 is 12.4. The van der Waals surface area contributed by atoms with Gasteiger partial charge < -0.3 is 9.47 Å². The zero-order valence-electron chi connectivity index (χ0n) is 24.8. The smallest absolute Gasteiger partial charge is 0.119 e. The zero-order valence-corrected chi connectivity index (χ0v) is 24.8. The van der Waals surface area contributed by atoms with Gasteiger partial charge in [0.1, 0.15) is 24.7 Å². The highest BCUT2D eigenvalue weighted by molar-refractivity contribution is 5.93. The molecule has 2 nitrogen and oxygen atoms in total. The molecule has 6 aromatic rings. The van der Waals surface area contributed by atoms with E-state index in [1.54, 1.807) is 0 Å². The summed E-state index contributed by atoms with van der Waals surface area (Å²) in [4.78, 5) is 0. The predicted molar refractivity (Wildman–Crippen MR) is 182 cm³/mol. The fourth-order valence-corrected chi connectivity index (χ4v) is 5.83. The van der Waals surface area contributed by atoms with Crippen molar-refractivity contribution in [2.24, 2.45) is 0 Å². The van der Waals surface area contributed by atoms with E-state index in [1.807, 2.05) is 12.2 Å². The Bertz CT molecular complexity index is 1770. The van der Waals surface area contributed by atoms with E-state index >= 15 is 0 Å². The van der Waals surface area contributed by atoms with E-state index in [-0.39, 0.29) is 5.41 Å². The van der Waals surface area contributed by atoms with Crippen LogP contribution in [0.1, 0.15) is 47.2 Å². The van der Waals surface area contributed by atoms with Crippen molar-refractivity contribution in [3.8, 4) is 11.5 Å². The van der Waals surface area contributed by atoms with Crippen LogP contribution in [0.5, 0.6) is 11.5 Å². The first-order valence-electron chi connectivity index (χ1n) is 14.7. The first-order valence-corrected chi connectivity index (χ1v) is 14.7. The van der Waals surface area contributed by atoms with Crippen molar-refractivity contribution >= 4 is 33.7 Å². The van der Waals surface area contributed by atoms with Gasteiger partial charge in [-0.05, 0) is 79.2 Å². The Labute approximate surface area is 254 Å². The molecular formula is C41H36O2. The average Bonchev–Trinajstić information content (AvgIpc) is 3.06. The third kappa shape index (κ3) is 5.69. The molecule has 0 aliphatic heterocycles. The molecule has 0 fully saturated rings. The van der Waals surface area contributed by atoms with Crippen LogP contribution >= 0.6 is 0 Å². The Hall–Kier alpha value is -5.08. The lowest BCUT2D eigenvalue weighted by Crippen LogP contribution is -2.18. The van der Waals surface area contributed by atoms with Gasteiger partial charge in [0.15, 0.2) is 0 Å². The molecule has 0 heterocycles. The van der Waals surface area contributed by atoms with Gasteiger partial charge in [0.2, 0.25) is 0 Å². The summed E-state index contributed by atoms with van der Waals surface area (Å²) in [5, 5.41) is 4.79. The largest absolute Gasteiger partial charge is 0.489 e. The van der Waals surface area contributed by atoms with Crippen molar-refractivity contribution in [2.75, 3.05) is 0 Å². The first kappa shape index (κ1) is 28.1. The van der Waals surface area contributed by atoms with Crippen LogP contribution in [0.15, 0.2) is 134 Å². The maximum absolute atomic E-state index is 6.22. The molecule has 6 aromatic carbocycles. The molecule has 0 aliphatic carbocycles. The van der Waals surface area contributed by atoms with Crippen LogP contribution < -0.4 is 9.47 Å². The molecule has 0 aromatic heterocycles. The van der Waals surface area contributed by atoms with Gasteiger partial charge in [-0.15, -0.1) is 0 Å². The molecular weight excluding hydrogens is 524 g/mol. The van der Waals surface area contributed by atoms with Crippen LogP contribution in [0.25, 0.3) is 33.7 Å². The highest BCUT2D eigenvalue weighted by Crippen LogP contribution is 2.34. The summed E-state index contributed by atoms with van der Waals surface area (Å²) in [5.74, 6) is 1.71. The van der Waals surface area contributed by atoms with E-state index in [9.17, 15) is 0 Å². The highest BCUT2D eigenvalue weighted by atomic mass is 16.5. The second-order valence-corrected chi connectivity index (χ2v) is 11.4. The molecule has 0 atom stereocenters. The minimum absolute atomic E-state index is 0.176. The van der Waals surface area contributed by atoms with Crippen LogP contribution in [0, 0.1) is 0 Å². The second-order valence-electron chi connectivity index (χ2n) is 11.4. The molecule has 0 amide bonds. The fraction of sp³-hybridized carbons (Fsp3) is 0.122. The van der Waals surface area contributed by atoms with Gasteiger partial charge in [-0.25, -0.2) is 0 Å². The molecule has 2 heteroatoms. The molecule has 0 N–H and O–H groups in total. The van der Waals surface area contributed by atoms with Crippen LogP contribution in [0.3, 0.4) is 0 Å². The number of benzene rings is 6. The third-order valence-corrected chi connectivity index (χ3v) is 8.47. The zero-order chi connectivity index (χ0) is 29.8. The monoisotopic (exact) mass is 560 g/mol. The van der Waals surface area contributed by atoms with E-state index in [0.717, 1.165) is 33.8 Å². The van der Waals surface area contributed by atoms with Crippen molar-refractivity contribution < 1.29 is 9.47 Å². The second kappa shape index (κ2) is 12.0. The van der Waals surface area contributed by atoms with E-state index in [2.05, 4.69) is 148 Å². The molecule has 0 unspecified atom stereocenters. The van der Waals surface area contributed by atoms with Gasteiger partial charge in [0, 0.05) is 5.41 Å². The van der Waals surface area contributed by atoms with E-state index in [1.165, 1.54) is 32.7 Å². The van der Waals surface area contributed by atoms with Gasteiger partial charge in [0.05, 0.1) is 0 Å². The Morgan fingerprint density at radius 3 is 1.26 bits per heavy atom. The normalized spacial score (nSPS) is 11.4. The lowest BCUT2D eigenvalue weighted by atomic mass is 9.78. The molecule has 0 spiro atoms. The Balaban J connectivity index is 1.12. The average molecular weight is 561 g/mol. The summed E-state index contributed by atoms with van der Waals surface area (Å²) >= 11 is 0. The fourth-order valence-electron chi connectivity index (χ4n) is 5.83. The molecule has 0 aliphatic rings. The number of rotatable bonds is 10.